The lowest BCUT2D eigenvalue weighted by Gasteiger charge is -2.09. The molecule has 1 atom stereocenters. The highest BCUT2D eigenvalue weighted by molar-refractivity contribution is 7.09. The molecule has 0 aliphatic heterocycles. The molecule has 2 N–H and O–H groups in total. The van der Waals surface area contributed by atoms with Crippen LogP contribution in [0.2, 0.25) is 0 Å². The Bertz CT molecular complexity index is 369. The Hall–Kier alpha value is -1.19. The molecule has 72 valence electrons. The Morgan fingerprint density at radius 1 is 1.36 bits per heavy atom. The summed E-state index contributed by atoms with van der Waals surface area (Å²) in [4.78, 5) is 5.38. The van der Waals surface area contributed by atoms with E-state index >= 15 is 0 Å². The zero-order valence-electron chi connectivity index (χ0n) is 7.76. The van der Waals surface area contributed by atoms with Gasteiger partial charge in [0.05, 0.1) is 0 Å². The van der Waals surface area contributed by atoms with E-state index in [1.165, 1.54) is 4.88 Å². The molecule has 0 saturated heterocycles. The predicted molar refractivity (Wildman–Crippen MR) is 59.2 cm³/mol. The maximum absolute atomic E-state index is 6.05. The third-order valence-electron chi connectivity index (χ3n) is 2.11. The number of nitrogens with two attached hydrogens (primary N) is 1. The molecule has 0 radical (unpaired) electrons. The molecule has 2 nitrogen and oxygen atoms in total. The van der Waals surface area contributed by atoms with Crippen LogP contribution in [0.3, 0.4) is 0 Å². The lowest BCUT2D eigenvalue weighted by molar-refractivity contribution is 0.726. The highest BCUT2D eigenvalue weighted by Crippen LogP contribution is 2.18. The van der Waals surface area contributed by atoms with Crippen molar-refractivity contribution in [2.75, 3.05) is 0 Å². The largest absolute Gasteiger partial charge is 0.324 e. The molecule has 2 heterocycles. The Morgan fingerprint density at radius 2 is 2.29 bits per heavy atom. The van der Waals surface area contributed by atoms with E-state index in [1.807, 2.05) is 18.3 Å². The average molecular weight is 204 g/mol. The molecular formula is C11H12N2S. The Labute approximate surface area is 87.4 Å². The third kappa shape index (κ3) is 2.19. The van der Waals surface area contributed by atoms with Gasteiger partial charge in [0, 0.05) is 29.7 Å². The molecule has 2 rings (SSSR count). The van der Waals surface area contributed by atoms with Gasteiger partial charge in [0.25, 0.3) is 0 Å². The van der Waals surface area contributed by atoms with E-state index in [0.29, 0.717) is 0 Å². The molecule has 0 bridgehead atoms. The zero-order chi connectivity index (χ0) is 9.80. The fourth-order valence-corrected chi connectivity index (χ4v) is 2.12. The smallest absolute Gasteiger partial charge is 0.0359 e. The maximum atomic E-state index is 6.05. The van der Waals surface area contributed by atoms with Crippen LogP contribution in [0, 0.1) is 0 Å². The van der Waals surface area contributed by atoms with Crippen LogP contribution >= 0.6 is 11.3 Å². The minimum atomic E-state index is 0.0577. The van der Waals surface area contributed by atoms with Crippen molar-refractivity contribution < 1.29 is 0 Å². The van der Waals surface area contributed by atoms with E-state index in [4.69, 9.17) is 5.73 Å². The summed E-state index contributed by atoms with van der Waals surface area (Å²) in [6.07, 6.45) is 4.49. The van der Waals surface area contributed by atoms with Crippen molar-refractivity contribution in [2.45, 2.75) is 12.5 Å². The van der Waals surface area contributed by atoms with Gasteiger partial charge in [-0.2, -0.15) is 0 Å². The van der Waals surface area contributed by atoms with E-state index in [2.05, 4.69) is 22.5 Å². The van der Waals surface area contributed by atoms with Crippen molar-refractivity contribution in [3.63, 3.8) is 0 Å². The quantitative estimate of drug-likeness (QED) is 0.833. The summed E-state index contributed by atoms with van der Waals surface area (Å²) in [6, 6.07) is 8.16. The number of thiophene rings is 1. The molecular weight excluding hydrogens is 192 g/mol. The number of pyridine rings is 1. The summed E-state index contributed by atoms with van der Waals surface area (Å²) in [7, 11) is 0. The lowest BCUT2D eigenvalue weighted by Crippen LogP contribution is -2.12. The zero-order valence-corrected chi connectivity index (χ0v) is 8.58. The fourth-order valence-electron chi connectivity index (χ4n) is 1.36. The number of aromatic nitrogens is 1. The van der Waals surface area contributed by atoms with Gasteiger partial charge in [0.2, 0.25) is 0 Å². The van der Waals surface area contributed by atoms with Crippen molar-refractivity contribution in [3.05, 3.63) is 52.5 Å². The Balaban J connectivity index is 2.07. The highest BCUT2D eigenvalue weighted by atomic mass is 32.1. The topological polar surface area (TPSA) is 38.9 Å². The van der Waals surface area contributed by atoms with Crippen LogP contribution in [-0.2, 0) is 6.42 Å². The van der Waals surface area contributed by atoms with Crippen LogP contribution in [-0.4, -0.2) is 4.98 Å². The van der Waals surface area contributed by atoms with Crippen LogP contribution in [0.1, 0.15) is 16.5 Å². The van der Waals surface area contributed by atoms with Crippen molar-refractivity contribution >= 4 is 11.3 Å². The Morgan fingerprint density at radius 3 is 2.93 bits per heavy atom. The molecule has 0 aliphatic carbocycles. The third-order valence-corrected chi connectivity index (χ3v) is 3.01. The molecule has 0 amide bonds. The monoisotopic (exact) mass is 204 g/mol. The van der Waals surface area contributed by atoms with Crippen LogP contribution in [0.25, 0.3) is 0 Å². The number of hydrogen-bond acceptors (Lipinski definition) is 3. The first-order valence-corrected chi connectivity index (χ1v) is 5.42. The molecule has 2 aromatic rings. The number of nitrogens with zero attached hydrogens (tertiary/aromatic N) is 1. The summed E-state index contributed by atoms with van der Waals surface area (Å²) < 4.78 is 0. The van der Waals surface area contributed by atoms with Gasteiger partial charge in [-0.1, -0.05) is 12.1 Å². The lowest BCUT2D eigenvalue weighted by atomic mass is 10.1. The molecule has 0 aromatic carbocycles. The summed E-state index contributed by atoms with van der Waals surface area (Å²) in [5.74, 6) is 0. The fraction of sp³-hybridized carbons (Fsp3) is 0.182. The SMILES string of the molecule is NC(Cc1cccs1)c1cccnc1. The van der Waals surface area contributed by atoms with Crippen molar-refractivity contribution in [2.24, 2.45) is 5.73 Å². The van der Waals surface area contributed by atoms with Gasteiger partial charge in [-0.3, -0.25) is 4.98 Å². The molecule has 3 heteroatoms. The van der Waals surface area contributed by atoms with Crippen molar-refractivity contribution in [1.82, 2.24) is 4.98 Å². The van der Waals surface area contributed by atoms with E-state index in [0.717, 1.165) is 12.0 Å². The van der Waals surface area contributed by atoms with Crippen molar-refractivity contribution in [3.8, 4) is 0 Å². The average Bonchev–Trinajstić information content (AvgIpc) is 2.72. The highest BCUT2D eigenvalue weighted by Gasteiger charge is 2.06. The minimum Gasteiger partial charge on any atom is -0.324 e. The molecule has 14 heavy (non-hydrogen) atoms. The summed E-state index contributed by atoms with van der Waals surface area (Å²) >= 11 is 1.75. The summed E-state index contributed by atoms with van der Waals surface area (Å²) in [6.45, 7) is 0. The number of rotatable bonds is 3. The first kappa shape index (κ1) is 9.37. The van der Waals surface area contributed by atoms with Crippen molar-refractivity contribution in [1.29, 1.82) is 0 Å². The van der Waals surface area contributed by atoms with Gasteiger partial charge in [-0.05, 0) is 23.1 Å². The van der Waals surface area contributed by atoms with Crippen LogP contribution < -0.4 is 5.73 Å². The standard InChI is InChI=1S/C11H12N2S/c12-11(7-10-4-2-6-14-10)9-3-1-5-13-8-9/h1-6,8,11H,7,12H2. The second kappa shape index (κ2) is 4.35. The molecule has 0 spiro atoms. The second-order valence-electron chi connectivity index (χ2n) is 3.18. The number of hydrogen-bond donors (Lipinski definition) is 1. The Kier molecular flexibility index (Phi) is 2.91. The summed E-state index contributed by atoms with van der Waals surface area (Å²) in [5.41, 5.74) is 7.15. The van der Waals surface area contributed by atoms with E-state index in [1.54, 1.807) is 17.5 Å². The van der Waals surface area contributed by atoms with Crippen LogP contribution in [0.4, 0.5) is 0 Å². The summed E-state index contributed by atoms with van der Waals surface area (Å²) in [5, 5.41) is 2.07. The molecule has 2 aromatic heterocycles. The molecule has 1 unspecified atom stereocenters. The van der Waals surface area contributed by atoms with Gasteiger partial charge in [-0.25, -0.2) is 0 Å². The van der Waals surface area contributed by atoms with Gasteiger partial charge in [0.15, 0.2) is 0 Å². The predicted octanol–water partition coefficient (Wildman–Crippen LogP) is 2.39. The van der Waals surface area contributed by atoms with Gasteiger partial charge in [0.1, 0.15) is 0 Å². The van der Waals surface area contributed by atoms with Gasteiger partial charge >= 0.3 is 0 Å². The first-order valence-electron chi connectivity index (χ1n) is 4.54. The van der Waals surface area contributed by atoms with Crippen LogP contribution in [0.15, 0.2) is 42.0 Å². The minimum absolute atomic E-state index is 0.0577. The van der Waals surface area contributed by atoms with E-state index in [-0.39, 0.29) is 6.04 Å². The molecule has 0 aliphatic rings. The van der Waals surface area contributed by atoms with Gasteiger partial charge in [-0.15, -0.1) is 11.3 Å². The van der Waals surface area contributed by atoms with Crippen LogP contribution in [0.5, 0.6) is 0 Å². The maximum Gasteiger partial charge on any atom is 0.0359 e. The first-order chi connectivity index (χ1) is 6.86. The normalized spacial score (nSPS) is 12.6. The second-order valence-corrected chi connectivity index (χ2v) is 4.21. The molecule has 0 fully saturated rings. The molecule has 0 saturated carbocycles. The van der Waals surface area contributed by atoms with E-state index < -0.39 is 0 Å². The van der Waals surface area contributed by atoms with Gasteiger partial charge < -0.3 is 5.73 Å². The van der Waals surface area contributed by atoms with E-state index in [9.17, 15) is 0 Å².